The molecule has 43 heavy (non-hydrogen) atoms. The summed E-state index contributed by atoms with van der Waals surface area (Å²) in [4.78, 5) is 30.3. The molecule has 2 atom stereocenters. The van der Waals surface area contributed by atoms with Gasteiger partial charge in [-0.15, -0.1) is 0 Å². The second-order valence-electron chi connectivity index (χ2n) is 13.4. The molecule has 3 aromatic rings. The van der Waals surface area contributed by atoms with Crippen LogP contribution in [0.5, 0.6) is 0 Å². The van der Waals surface area contributed by atoms with E-state index in [1.807, 2.05) is 7.05 Å². The zero-order chi connectivity index (χ0) is 31.2. The Morgan fingerprint density at radius 3 is 2.58 bits per heavy atom. The van der Waals surface area contributed by atoms with E-state index < -0.39 is 21.9 Å². The predicted molar refractivity (Wildman–Crippen MR) is 169 cm³/mol. The van der Waals surface area contributed by atoms with Gasteiger partial charge in [-0.05, 0) is 80.2 Å². The highest BCUT2D eigenvalue weighted by Gasteiger charge is 2.41. The van der Waals surface area contributed by atoms with E-state index in [-0.39, 0.29) is 17.1 Å². The number of thiazole rings is 1. The van der Waals surface area contributed by atoms with Crippen LogP contribution in [0.4, 0.5) is 5.82 Å². The second-order valence-corrected chi connectivity index (χ2v) is 16.2. The first-order valence-corrected chi connectivity index (χ1v) is 17.0. The molecule has 0 aliphatic heterocycles. The molecule has 234 valence electrons. The number of pyridine rings is 2. The van der Waals surface area contributed by atoms with Crippen molar-refractivity contribution in [1.82, 2.24) is 29.5 Å². The van der Waals surface area contributed by atoms with Crippen LogP contribution in [-0.4, -0.2) is 83.4 Å². The summed E-state index contributed by atoms with van der Waals surface area (Å²) in [5, 5.41) is 13.8. The molecule has 0 spiro atoms. The monoisotopic (exact) mass is 629 g/mol. The molecule has 2 aliphatic rings. The zero-order valence-electron chi connectivity index (χ0n) is 25.8. The molecular weight excluding hydrogens is 587 g/mol. The van der Waals surface area contributed by atoms with Crippen LogP contribution in [0, 0.1) is 11.3 Å². The molecule has 1 fully saturated rings. The fourth-order valence-electron chi connectivity index (χ4n) is 5.52. The molecule has 3 heterocycles. The minimum absolute atomic E-state index is 0.186. The molecule has 0 aromatic carbocycles. The lowest BCUT2D eigenvalue weighted by atomic mass is 9.71. The maximum atomic E-state index is 13.6. The minimum Gasteiger partial charge on any atom is -0.389 e. The number of aliphatic hydroxyl groups is 1. The Hall–Kier alpha value is -2.71. The maximum Gasteiger partial charge on any atom is 0.302 e. The van der Waals surface area contributed by atoms with Gasteiger partial charge in [0.1, 0.15) is 16.2 Å². The molecule has 1 amide bonds. The number of hydrogen-bond donors (Lipinski definition) is 3. The average Bonchev–Trinajstić information content (AvgIpc) is 3.50. The van der Waals surface area contributed by atoms with Crippen LogP contribution in [0.25, 0.3) is 10.3 Å². The van der Waals surface area contributed by atoms with Gasteiger partial charge in [0, 0.05) is 39.1 Å². The molecule has 0 bridgehead atoms. The van der Waals surface area contributed by atoms with Crippen molar-refractivity contribution in [1.29, 1.82) is 0 Å². The minimum atomic E-state index is -3.69. The molecule has 11 nitrogen and oxygen atoms in total. The van der Waals surface area contributed by atoms with Crippen molar-refractivity contribution in [2.75, 3.05) is 39.0 Å². The normalized spacial score (nSPS) is 19.0. The van der Waals surface area contributed by atoms with E-state index in [0.717, 1.165) is 58.0 Å². The lowest BCUT2D eigenvalue weighted by molar-refractivity contribution is 0.0909. The smallest absolute Gasteiger partial charge is 0.302 e. The number of anilines is 1. The van der Waals surface area contributed by atoms with Gasteiger partial charge in [-0.25, -0.2) is 15.0 Å². The van der Waals surface area contributed by atoms with Crippen molar-refractivity contribution < 1.29 is 18.3 Å². The fraction of sp³-hybridized carbons (Fsp3) is 0.600. The topological polar surface area (TPSA) is 141 Å². The highest BCUT2D eigenvalue weighted by molar-refractivity contribution is 7.90. The number of likely N-dealkylation sites (N-methyl/N-ethyl adjacent to an activating group) is 1. The zero-order valence-corrected chi connectivity index (χ0v) is 27.5. The Bertz CT molecular complexity index is 1580. The number of aromatic nitrogens is 3. The average molecular weight is 630 g/mol. The van der Waals surface area contributed by atoms with Gasteiger partial charge in [0.15, 0.2) is 5.01 Å². The number of rotatable bonds is 11. The number of nitrogens with zero attached hydrogens (tertiary/aromatic N) is 5. The second kappa shape index (κ2) is 12.0. The summed E-state index contributed by atoms with van der Waals surface area (Å²) >= 11 is 1.30. The molecule has 0 unspecified atom stereocenters. The third kappa shape index (κ3) is 7.69. The van der Waals surface area contributed by atoms with Gasteiger partial charge in [-0.3, -0.25) is 9.52 Å². The Labute approximate surface area is 258 Å². The van der Waals surface area contributed by atoms with Gasteiger partial charge in [0.25, 0.3) is 5.91 Å². The molecule has 2 aliphatic carbocycles. The van der Waals surface area contributed by atoms with Gasteiger partial charge in [-0.1, -0.05) is 38.2 Å². The fourth-order valence-corrected chi connectivity index (χ4v) is 6.93. The number of carbonyl (C=O) groups excluding carboxylic acids is 1. The van der Waals surface area contributed by atoms with Crippen LogP contribution < -0.4 is 10.0 Å². The van der Waals surface area contributed by atoms with E-state index in [4.69, 9.17) is 4.98 Å². The molecule has 3 N–H and O–H groups in total. The van der Waals surface area contributed by atoms with Gasteiger partial charge >= 0.3 is 10.2 Å². The number of nitrogens with one attached hydrogen (secondary N) is 2. The molecular formula is C30H43N7O4S2. The van der Waals surface area contributed by atoms with E-state index in [9.17, 15) is 18.3 Å². The van der Waals surface area contributed by atoms with E-state index in [2.05, 4.69) is 51.7 Å². The Balaban J connectivity index is 1.34. The number of carbonyl (C=O) groups is 1. The molecule has 1 saturated carbocycles. The van der Waals surface area contributed by atoms with Crippen molar-refractivity contribution in [2.45, 2.75) is 70.9 Å². The van der Waals surface area contributed by atoms with Crippen molar-refractivity contribution >= 4 is 43.6 Å². The first kappa shape index (κ1) is 31.7. The Morgan fingerprint density at radius 2 is 1.95 bits per heavy atom. The largest absolute Gasteiger partial charge is 0.389 e. The van der Waals surface area contributed by atoms with Crippen molar-refractivity contribution in [2.24, 2.45) is 11.3 Å². The SMILES string of the molecule is CN(CC[C@@H](NC(=O)c1nc2cc3c(nc2s1)CC[C@H](C(C)(C)C)C3)c1ccc(NS(=O)(=O)N(C)C)nc1)CC1(O)CC1. The third-order valence-corrected chi connectivity index (χ3v) is 11.0. The molecule has 13 heteroatoms. The van der Waals surface area contributed by atoms with Gasteiger partial charge in [0.05, 0.1) is 11.6 Å². The Kier molecular flexibility index (Phi) is 8.85. The Morgan fingerprint density at radius 1 is 1.21 bits per heavy atom. The molecule has 5 rings (SSSR count). The number of hydrogen-bond acceptors (Lipinski definition) is 9. The van der Waals surface area contributed by atoms with E-state index in [0.29, 0.717) is 30.4 Å². The first-order chi connectivity index (χ1) is 20.1. The third-order valence-electron chi connectivity index (χ3n) is 8.57. The van der Waals surface area contributed by atoms with Crippen molar-refractivity contribution in [3.8, 4) is 0 Å². The molecule has 3 aromatic heterocycles. The van der Waals surface area contributed by atoms with E-state index >= 15 is 0 Å². The standard InChI is InChI=1S/C30H43N7O4S2/c1-29(2,3)21-8-9-22-20(15-21)16-24-27(33-22)42-28(34-24)26(38)32-23(11-14-37(6)18-30(39)12-13-30)19-7-10-25(31-17-19)35-43(40,41)36(4)5/h7,10,16-17,21,23,39H,8-9,11-15,18H2,1-6H3,(H,31,35)(H,32,38)/t21-,23+/m0/s1. The van der Waals surface area contributed by atoms with Gasteiger partial charge < -0.3 is 15.3 Å². The first-order valence-electron chi connectivity index (χ1n) is 14.8. The highest BCUT2D eigenvalue weighted by Crippen LogP contribution is 2.38. The maximum absolute atomic E-state index is 13.6. The number of amides is 1. The molecule has 0 radical (unpaired) electrons. The van der Waals surface area contributed by atoms with Crippen molar-refractivity contribution in [3.05, 3.63) is 46.2 Å². The van der Waals surface area contributed by atoms with Gasteiger partial charge in [-0.2, -0.15) is 12.7 Å². The summed E-state index contributed by atoms with van der Waals surface area (Å²) in [7, 11) is 1.14. The summed E-state index contributed by atoms with van der Waals surface area (Å²) in [6, 6.07) is 5.05. The van der Waals surface area contributed by atoms with Crippen LogP contribution in [0.1, 0.15) is 79.1 Å². The highest BCUT2D eigenvalue weighted by atomic mass is 32.2. The van der Waals surface area contributed by atoms with Crippen LogP contribution >= 0.6 is 11.3 Å². The van der Waals surface area contributed by atoms with Crippen molar-refractivity contribution in [3.63, 3.8) is 0 Å². The lowest BCUT2D eigenvalue weighted by Crippen LogP contribution is -2.35. The predicted octanol–water partition coefficient (Wildman–Crippen LogP) is 3.77. The summed E-state index contributed by atoms with van der Waals surface area (Å²) in [6.07, 6.45) is 6.76. The summed E-state index contributed by atoms with van der Waals surface area (Å²) < 4.78 is 27.9. The van der Waals surface area contributed by atoms with E-state index in [1.165, 1.54) is 31.0 Å². The summed E-state index contributed by atoms with van der Waals surface area (Å²) in [5.41, 5.74) is 3.44. The van der Waals surface area contributed by atoms with Crippen LogP contribution in [-0.2, 0) is 23.1 Å². The quantitative estimate of drug-likeness (QED) is 0.291. The number of aryl methyl sites for hydroxylation is 1. The van der Waals surface area contributed by atoms with Crippen LogP contribution in [0.15, 0.2) is 24.4 Å². The summed E-state index contributed by atoms with van der Waals surface area (Å²) in [5.74, 6) is 0.475. The van der Waals surface area contributed by atoms with Crippen LogP contribution in [0.3, 0.4) is 0 Å². The lowest BCUT2D eigenvalue weighted by Gasteiger charge is -2.34. The molecule has 0 saturated heterocycles. The number of fused-ring (bicyclic) bond motifs is 2. The van der Waals surface area contributed by atoms with E-state index in [1.54, 1.807) is 18.3 Å². The van der Waals surface area contributed by atoms with Gasteiger partial charge in [0.2, 0.25) is 0 Å². The summed E-state index contributed by atoms with van der Waals surface area (Å²) in [6.45, 7) is 8.06. The van der Waals surface area contributed by atoms with Crippen LogP contribution in [0.2, 0.25) is 0 Å².